The lowest BCUT2D eigenvalue weighted by Crippen LogP contribution is -2.16. The molecule has 1 aromatic heterocycles. The molecule has 118 valence electrons. The van der Waals surface area contributed by atoms with Gasteiger partial charge in [-0.1, -0.05) is 18.2 Å². The predicted molar refractivity (Wildman–Crippen MR) is 89.1 cm³/mol. The Morgan fingerprint density at radius 3 is 2.62 bits per heavy atom. The predicted octanol–water partition coefficient (Wildman–Crippen LogP) is 3.03. The van der Waals surface area contributed by atoms with Crippen molar-refractivity contribution in [2.45, 2.75) is 0 Å². The van der Waals surface area contributed by atoms with Gasteiger partial charge in [0.2, 0.25) is 0 Å². The van der Waals surface area contributed by atoms with Crippen LogP contribution in [0.4, 0.5) is 5.69 Å². The van der Waals surface area contributed by atoms with Crippen LogP contribution in [0.5, 0.6) is 5.75 Å². The Morgan fingerprint density at radius 1 is 1.17 bits per heavy atom. The molecule has 3 rings (SSSR count). The summed E-state index contributed by atoms with van der Waals surface area (Å²) in [5.74, 6) is 0.311. The van der Waals surface area contributed by atoms with E-state index in [4.69, 9.17) is 10.00 Å². The lowest BCUT2D eigenvalue weighted by atomic mass is 10.2. The second kappa shape index (κ2) is 7.11. The molecule has 1 heterocycles. The summed E-state index contributed by atoms with van der Waals surface area (Å²) in [4.78, 5) is 16.5. The number of hydrogen-bond acceptors (Lipinski definition) is 4. The lowest BCUT2D eigenvalue weighted by Gasteiger charge is -2.09. The van der Waals surface area contributed by atoms with E-state index >= 15 is 0 Å². The molecule has 0 saturated heterocycles. The van der Waals surface area contributed by atoms with Crippen molar-refractivity contribution in [3.8, 4) is 17.5 Å². The molecule has 0 unspecified atom stereocenters. The molecule has 0 bridgehead atoms. The molecule has 0 aliphatic heterocycles. The number of carbonyl (C=O) groups is 1. The number of ether oxygens (including phenoxy) is 1. The van der Waals surface area contributed by atoms with E-state index in [9.17, 15) is 4.79 Å². The summed E-state index contributed by atoms with van der Waals surface area (Å²) in [5.41, 5.74) is 1.93. The minimum absolute atomic E-state index is 0.0119. The van der Waals surface area contributed by atoms with Crippen molar-refractivity contribution < 1.29 is 9.53 Å². The number of nitrogens with one attached hydrogen (secondary N) is 1. The third kappa shape index (κ3) is 3.42. The Kier molecular flexibility index (Phi) is 4.54. The average Bonchev–Trinajstić information content (AvgIpc) is 3.12. The van der Waals surface area contributed by atoms with Gasteiger partial charge in [0.15, 0.2) is 6.61 Å². The molecule has 6 heteroatoms. The molecule has 0 radical (unpaired) electrons. The molecular formula is C18H14N4O2. The number of carbonyl (C=O) groups excluding carboxylic acids is 1. The maximum Gasteiger partial charge on any atom is 0.274 e. The quantitative estimate of drug-likeness (QED) is 0.784. The molecule has 1 amide bonds. The summed E-state index contributed by atoms with van der Waals surface area (Å²) in [5, 5.41) is 11.3. The van der Waals surface area contributed by atoms with Gasteiger partial charge in [-0.25, -0.2) is 4.98 Å². The number of nitriles is 1. The number of hydrogen-bond donors (Lipinski definition) is 1. The van der Waals surface area contributed by atoms with E-state index < -0.39 is 0 Å². The second-order valence-corrected chi connectivity index (χ2v) is 4.91. The molecule has 2 aromatic carbocycles. The van der Waals surface area contributed by atoms with E-state index in [-0.39, 0.29) is 12.5 Å². The van der Waals surface area contributed by atoms with Gasteiger partial charge in [-0.15, -0.1) is 0 Å². The van der Waals surface area contributed by atoms with Crippen LogP contribution in [-0.4, -0.2) is 22.1 Å². The molecule has 0 aliphatic rings. The summed E-state index contributed by atoms with van der Waals surface area (Å²) in [6.07, 6.45) is 3.12. The van der Waals surface area contributed by atoms with E-state index in [0.29, 0.717) is 17.1 Å². The number of rotatable bonds is 5. The van der Waals surface area contributed by atoms with E-state index in [1.54, 1.807) is 35.2 Å². The highest BCUT2D eigenvalue weighted by Gasteiger charge is 2.13. The number of para-hydroxylation sites is 1. The first-order valence-corrected chi connectivity index (χ1v) is 7.27. The van der Waals surface area contributed by atoms with E-state index in [0.717, 1.165) is 5.69 Å². The van der Waals surface area contributed by atoms with Crippen molar-refractivity contribution in [2.75, 3.05) is 11.9 Å². The first kappa shape index (κ1) is 15.3. The molecule has 24 heavy (non-hydrogen) atoms. The normalized spacial score (nSPS) is 9.96. The summed E-state index contributed by atoms with van der Waals surface area (Å²) in [6, 6.07) is 18.2. The van der Waals surface area contributed by atoms with Crippen LogP contribution in [-0.2, 0) is 0 Å². The monoisotopic (exact) mass is 318 g/mol. The van der Waals surface area contributed by atoms with E-state index in [1.807, 2.05) is 36.4 Å². The van der Waals surface area contributed by atoms with Gasteiger partial charge in [0, 0.05) is 11.4 Å². The third-order valence-electron chi connectivity index (χ3n) is 3.32. The standard InChI is InChI=1S/C18H14N4O2/c19-10-11-24-16-8-6-14(7-9-16)21-18(23)17-12-20-13-22(17)15-4-2-1-3-5-15/h1-9,12-13H,11H2,(H,21,23). The van der Waals surface area contributed by atoms with Crippen molar-refractivity contribution in [2.24, 2.45) is 0 Å². The van der Waals surface area contributed by atoms with Crippen LogP contribution in [0.25, 0.3) is 5.69 Å². The highest BCUT2D eigenvalue weighted by Crippen LogP contribution is 2.17. The van der Waals surface area contributed by atoms with Gasteiger partial charge in [-0.05, 0) is 36.4 Å². The van der Waals surface area contributed by atoms with Crippen LogP contribution in [0.2, 0.25) is 0 Å². The number of anilines is 1. The largest absolute Gasteiger partial charge is 0.479 e. The van der Waals surface area contributed by atoms with Crippen molar-refractivity contribution in [3.05, 3.63) is 72.8 Å². The Bertz CT molecular complexity index is 864. The Labute approximate surface area is 138 Å². The first-order chi connectivity index (χ1) is 11.8. The fourth-order valence-electron chi connectivity index (χ4n) is 2.20. The fourth-order valence-corrected chi connectivity index (χ4v) is 2.20. The Hall–Kier alpha value is -3.59. The maximum atomic E-state index is 12.5. The smallest absolute Gasteiger partial charge is 0.274 e. The number of benzene rings is 2. The number of amides is 1. The van der Waals surface area contributed by atoms with Gasteiger partial charge in [0.1, 0.15) is 17.5 Å². The van der Waals surface area contributed by atoms with Crippen LogP contribution in [0.15, 0.2) is 67.1 Å². The molecule has 0 spiro atoms. The molecule has 3 aromatic rings. The summed E-state index contributed by atoms with van der Waals surface area (Å²) < 4.78 is 6.90. The maximum absolute atomic E-state index is 12.5. The van der Waals surface area contributed by atoms with Gasteiger partial charge < -0.3 is 10.1 Å². The molecule has 0 atom stereocenters. The van der Waals surface area contributed by atoms with Crippen LogP contribution in [0.3, 0.4) is 0 Å². The van der Waals surface area contributed by atoms with Crippen LogP contribution >= 0.6 is 0 Å². The second-order valence-electron chi connectivity index (χ2n) is 4.91. The topological polar surface area (TPSA) is 79.9 Å². The van der Waals surface area contributed by atoms with Crippen molar-refractivity contribution in [1.82, 2.24) is 9.55 Å². The zero-order valence-corrected chi connectivity index (χ0v) is 12.7. The zero-order valence-electron chi connectivity index (χ0n) is 12.7. The fraction of sp³-hybridized carbons (Fsp3) is 0.0556. The minimum atomic E-state index is -0.262. The summed E-state index contributed by atoms with van der Waals surface area (Å²) >= 11 is 0. The zero-order chi connectivity index (χ0) is 16.8. The molecule has 0 aliphatic carbocycles. The molecular weight excluding hydrogens is 304 g/mol. The number of nitrogens with zero attached hydrogens (tertiary/aromatic N) is 3. The van der Waals surface area contributed by atoms with Gasteiger partial charge in [-0.3, -0.25) is 9.36 Å². The SMILES string of the molecule is N#CCOc1ccc(NC(=O)c2cncn2-c2ccccc2)cc1. The van der Waals surface area contributed by atoms with Crippen LogP contribution < -0.4 is 10.1 Å². The van der Waals surface area contributed by atoms with Gasteiger partial charge in [0.25, 0.3) is 5.91 Å². The number of aromatic nitrogens is 2. The highest BCUT2D eigenvalue weighted by molar-refractivity contribution is 6.03. The Balaban J connectivity index is 1.74. The van der Waals surface area contributed by atoms with Gasteiger partial charge >= 0.3 is 0 Å². The summed E-state index contributed by atoms with van der Waals surface area (Å²) in [6.45, 7) is -0.0119. The Morgan fingerprint density at radius 2 is 1.92 bits per heavy atom. The van der Waals surface area contributed by atoms with E-state index in [2.05, 4.69) is 10.3 Å². The van der Waals surface area contributed by atoms with Crippen molar-refractivity contribution in [3.63, 3.8) is 0 Å². The third-order valence-corrected chi connectivity index (χ3v) is 3.32. The average molecular weight is 318 g/mol. The minimum Gasteiger partial charge on any atom is -0.479 e. The molecule has 6 nitrogen and oxygen atoms in total. The van der Waals surface area contributed by atoms with Gasteiger partial charge in [-0.2, -0.15) is 5.26 Å². The summed E-state index contributed by atoms with van der Waals surface area (Å²) in [7, 11) is 0. The van der Waals surface area contributed by atoms with E-state index in [1.165, 1.54) is 6.20 Å². The highest BCUT2D eigenvalue weighted by atomic mass is 16.5. The van der Waals surface area contributed by atoms with Gasteiger partial charge in [0.05, 0.1) is 12.5 Å². The lowest BCUT2D eigenvalue weighted by molar-refractivity contribution is 0.102. The number of imidazole rings is 1. The molecule has 0 fully saturated rings. The van der Waals surface area contributed by atoms with Crippen LogP contribution in [0, 0.1) is 11.3 Å². The van der Waals surface area contributed by atoms with Crippen molar-refractivity contribution in [1.29, 1.82) is 5.26 Å². The van der Waals surface area contributed by atoms with Crippen molar-refractivity contribution >= 4 is 11.6 Å². The molecule has 0 saturated carbocycles. The van der Waals surface area contributed by atoms with Crippen LogP contribution in [0.1, 0.15) is 10.5 Å². The first-order valence-electron chi connectivity index (χ1n) is 7.27. The molecule has 1 N–H and O–H groups in total.